The predicted octanol–water partition coefficient (Wildman–Crippen LogP) is 3.56. The van der Waals surface area contributed by atoms with Gasteiger partial charge in [0.2, 0.25) is 5.91 Å². The zero-order chi connectivity index (χ0) is 22.4. The first kappa shape index (κ1) is 22.6. The summed E-state index contributed by atoms with van der Waals surface area (Å²) in [5, 5.41) is 10.9. The van der Waals surface area contributed by atoms with Gasteiger partial charge >= 0.3 is 0 Å². The number of halogens is 1. The summed E-state index contributed by atoms with van der Waals surface area (Å²) in [5.74, 6) is 0.548. The van der Waals surface area contributed by atoms with E-state index in [9.17, 15) is 19.7 Å². The van der Waals surface area contributed by atoms with Crippen molar-refractivity contribution in [3.05, 3.63) is 68.7 Å². The number of nitro groups is 1. The molecule has 0 spiro atoms. The van der Waals surface area contributed by atoms with Crippen molar-refractivity contribution < 1.29 is 19.2 Å². The largest absolute Gasteiger partial charge is 0.497 e. The predicted molar refractivity (Wildman–Crippen MR) is 117 cm³/mol. The first-order chi connectivity index (χ1) is 14.9. The molecule has 0 saturated carbocycles. The molecule has 2 aromatic carbocycles. The number of hydrogen-bond donors (Lipinski definition) is 0. The van der Waals surface area contributed by atoms with Crippen LogP contribution in [0.25, 0.3) is 0 Å². The number of carbonyl (C=O) groups excluding carboxylic acids is 2. The van der Waals surface area contributed by atoms with Gasteiger partial charge in [-0.05, 0) is 36.6 Å². The second-order valence-corrected chi connectivity index (χ2v) is 7.70. The van der Waals surface area contributed by atoms with Crippen LogP contribution in [0.3, 0.4) is 0 Å². The fourth-order valence-corrected chi connectivity index (χ4v) is 3.79. The molecule has 1 aliphatic heterocycles. The highest BCUT2D eigenvalue weighted by Crippen LogP contribution is 2.24. The smallest absolute Gasteiger partial charge is 0.270 e. The molecule has 9 heteroatoms. The number of nitrogens with zero attached hydrogens (tertiary/aromatic N) is 3. The third-order valence-electron chi connectivity index (χ3n) is 5.32. The highest BCUT2D eigenvalue weighted by Gasteiger charge is 2.24. The van der Waals surface area contributed by atoms with Crippen LogP contribution in [0.5, 0.6) is 5.75 Å². The fraction of sp³-hybridized carbons (Fsp3) is 0.364. The fourth-order valence-electron chi connectivity index (χ4n) is 3.53. The molecular formula is C22H24ClN3O5. The Kier molecular flexibility index (Phi) is 7.46. The summed E-state index contributed by atoms with van der Waals surface area (Å²) < 4.78 is 5.14. The van der Waals surface area contributed by atoms with Gasteiger partial charge < -0.3 is 14.5 Å². The number of amides is 2. The number of benzene rings is 2. The normalized spacial score (nSPS) is 14.1. The second kappa shape index (κ2) is 10.3. The van der Waals surface area contributed by atoms with E-state index in [4.69, 9.17) is 16.3 Å². The third kappa shape index (κ3) is 5.73. The number of hydrogen-bond acceptors (Lipinski definition) is 5. The molecule has 1 fully saturated rings. The Morgan fingerprint density at radius 3 is 2.39 bits per heavy atom. The van der Waals surface area contributed by atoms with Crippen LogP contribution in [0.4, 0.5) is 5.69 Å². The van der Waals surface area contributed by atoms with Crippen LogP contribution < -0.4 is 4.74 Å². The Labute approximate surface area is 185 Å². The molecule has 3 rings (SSSR count). The molecule has 31 heavy (non-hydrogen) atoms. The molecule has 8 nitrogen and oxygen atoms in total. The minimum absolute atomic E-state index is 0.0517. The first-order valence-corrected chi connectivity index (χ1v) is 10.4. The van der Waals surface area contributed by atoms with E-state index in [0.717, 1.165) is 11.3 Å². The van der Waals surface area contributed by atoms with Gasteiger partial charge in [-0.15, -0.1) is 0 Å². The van der Waals surface area contributed by atoms with Crippen LogP contribution in [0.1, 0.15) is 28.8 Å². The summed E-state index contributed by atoms with van der Waals surface area (Å²) in [7, 11) is 1.61. The Morgan fingerprint density at radius 1 is 1.06 bits per heavy atom. The summed E-state index contributed by atoms with van der Waals surface area (Å²) in [5.41, 5.74) is 1.13. The van der Waals surface area contributed by atoms with E-state index < -0.39 is 4.92 Å². The van der Waals surface area contributed by atoms with E-state index in [1.807, 2.05) is 24.3 Å². The number of carbonyl (C=O) groups is 2. The molecule has 0 unspecified atom stereocenters. The molecule has 0 bridgehead atoms. The Balaban J connectivity index is 1.56. The van der Waals surface area contributed by atoms with Crippen LogP contribution in [-0.2, 0) is 11.2 Å². The maximum atomic E-state index is 12.9. The van der Waals surface area contributed by atoms with Gasteiger partial charge in [0, 0.05) is 44.7 Å². The summed E-state index contributed by atoms with van der Waals surface area (Å²) in [4.78, 5) is 39.3. The monoisotopic (exact) mass is 445 g/mol. The summed E-state index contributed by atoms with van der Waals surface area (Å²) >= 11 is 6.10. The van der Waals surface area contributed by atoms with Gasteiger partial charge in [-0.3, -0.25) is 19.7 Å². The van der Waals surface area contributed by atoms with Gasteiger partial charge in [0.15, 0.2) is 0 Å². The van der Waals surface area contributed by atoms with Crippen molar-refractivity contribution in [2.75, 3.05) is 33.3 Å². The molecule has 1 saturated heterocycles. The minimum Gasteiger partial charge on any atom is -0.497 e. The van der Waals surface area contributed by atoms with Crippen LogP contribution >= 0.6 is 11.6 Å². The van der Waals surface area contributed by atoms with Crippen LogP contribution in [0, 0.1) is 10.1 Å². The van der Waals surface area contributed by atoms with Crippen molar-refractivity contribution in [2.45, 2.75) is 19.3 Å². The average Bonchev–Trinajstić information content (AvgIpc) is 3.03. The lowest BCUT2D eigenvalue weighted by atomic mass is 10.1. The van der Waals surface area contributed by atoms with E-state index in [0.29, 0.717) is 45.4 Å². The minimum atomic E-state index is -0.554. The Bertz CT molecular complexity index is 964. The van der Waals surface area contributed by atoms with Crippen molar-refractivity contribution in [3.8, 4) is 5.75 Å². The SMILES string of the molecule is COc1ccc(CCC(=O)N2CCCN(C(=O)c3ccc([N+](=O)[O-])cc3Cl)CC2)cc1. The molecule has 1 heterocycles. The van der Waals surface area contributed by atoms with E-state index in [-0.39, 0.29) is 28.1 Å². The highest BCUT2D eigenvalue weighted by atomic mass is 35.5. The first-order valence-electron chi connectivity index (χ1n) is 10.0. The topological polar surface area (TPSA) is 93.0 Å². The summed E-state index contributed by atoms with van der Waals surface area (Å²) in [6.07, 6.45) is 1.69. The molecule has 0 aromatic heterocycles. The number of methoxy groups -OCH3 is 1. The van der Waals surface area contributed by atoms with Crippen molar-refractivity contribution >= 4 is 29.1 Å². The van der Waals surface area contributed by atoms with E-state index in [2.05, 4.69) is 0 Å². The van der Waals surface area contributed by atoms with Crippen LogP contribution in [0.2, 0.25) is 5.02 Å². The van der Waals surface area contributed by atoms with E-state index >= 15 is 0 Å². The van der Waals surface area contributed by atoms with Gasteiger partial charge in [-0.25, -0.2) is 0 Å². The second-order valence-electron chi connectivity index (χ2n) is 7.30. The number of nitro benzene ring substituents is 1. The summed E-state index contributed by atoms with van der Waals surface area (Å²) in [6, 6.07) is 11.5. The zero-order valence-electron chi connectivity index (χ0n) is 17.3. The van der Waals surface area contributed by atoms with Crippen molar-refractivity contribution in [1.82, 2.24) is 9.80 Å². The molecule has 2 aromatic rings. The quantitative estimate of drug-likeness (QED) is 0.500. The van der Waals surface area contributed by atoms with Crippen molar-refractivity contribution in [3.63, 3.8) is 0 Å². The lowest BCUT2D eigenvalue weighted by Gasteiger charge is -2.22. The Hall–Kier alpha value is -3.13. The number of ether oxygens (including phenoxy) is 1. The molecular weight excluding hydrogens is 422 g/mol. The number of aryl methyl sites for hydroxylation is 1. The molecule has 0 atom stereocenters. The van der Waals surface area contributed by atoms with Gasteiger partial charge in [0.05, 0.1) is 22.6 Å². The van der Waals surface area contributed by atoms with Gasteiger partial charge in [-0.1, -0.05) is 23.7 Å². The van der Waals surface area contributed by atoms with Gasteiger partial charge in [0.25, 0.3) is 11.6 Å². The zero-order valence-corrected chi connectivity index (χ0v) is 18.0. The van der Waals surface area contributed by atoms with Crippen LogP contribution in [-0.4, -0.2) is 59.8 Å². The van der Waals surface area contributed by atoms with Gasteiger partial charge in [0.1, 0.15) is 5.75 Å². The Morgan fingerprint density at radius 2 is 1.74 bits per heavy atom. The lowest BCUT2D eigenvalue weighted by molar-refractivity contribution is -0.384. The van der Waals surface area contributed by atoms with Crippen molar-refractivity contribution in [2.24, 2.45) is 0 Å². The maximum absolute atomic E-state index is 12.9. The highest BCUT2D eigenvalue weighted by molar-refractivity contribution is 6.34. The third-order valence-corrected chi connectivity index (χ3v) is 5.63. The lowest BCUT2D eigenvalue weighted by Crippen LogP contribution is -2.37. The summed E-state index contributed by atoms with van der Waals surface area (Å²) in [6.45, 7) is 1.91. The van der Waals surface area contributed by atoms with E-state index in [1.165, 1.54) is 18.2 Å². The maximum Gasteiger partial charge on any atom is 0.270 e. The molecule has 164 valence electrons. The number of non-ortho nitro benzene ring substituents is 1. The molecule has 1 aliphatic rings. The molecule has 2 amide bonds. The molecule has 0 N–H and O–H groups in total. The average molecular weight is 446 g/mol. The van der Waals surface area contributed by atoms with Crippen LogP contribution in [0.15, 0.2) is 42.5 Å². The molecule has 0 aliphatic carbocycles. The van der Waals surface area contributed by atoms with Gasteiger partial charge in [-0.2, -0.15) is 0 Å². The standard InChI is InChI=1S/C22H24ClN3O5/c1-31-18-7-3-16(4-8-18)5-10-21(27)24-11-2-12-25(14-13-24)22(28)19-9-6-17(26(29)30)15-20(19)23/h3-4,6-9,15H,2,5,10-14H2,1H3. The number of rotatable bonds is 6. The molecule has 0 radical (unpaired) electrons. The van der Waals surface area contributed by atoms with E-state index in [1.54, 1.807) is 16.9 Å². The van der Waals surface area contributed by atoms with Crippen molar-refractivity contribution in [1.29, 1.82) is 0 Å².